The van der Waals surface area contributed by atoms with Crippen molar-refractivity contribution in [3.63, 3.8) is 0 Å². The van der Waals surface area contributed by atoms with E-state index in [0.717, 1.165) is 6.07 Å². The van der Waals surface area contributed by atoms with Gasteiger partial charge in [0.1, 0.15) is 11.3 Å². The molecule has 0 spiro atoms. The van der Waals surface area contributed by atoms with Crippen molar-refractivity contribution in [1.82, 2.24) is 0 Å². The molecule has 1 aromatic rings. The first-order valence-electron chi connectivity index (χ1n) is 4.11. The van der Waals surface area contributed by atoms with Crippen LogP contribution < -0.4 is 5.32 Å². The van der Waals surface area contributed by atoms with E-state index in [2.05, 4.69) is 0 Å². The Balaban J connectivity index is 2.65. The van der Waals surface area contributed by atoms with Crippen LogP contribution in [0.15, 0.2) is 12.1 Å². The Morgan fingerprint density at radius 1 is 1.18 bits per heavy atom. The number of anilines is 1. The summed E-state index contributed by atoms with van der Waals surface area (Å²) >= 11 is 0.170. The van der Waals surface area contributed by atoms with Crippen molar-refractivity contribution in [2.75, 3.05) is 5.32 Å². The highest BCUT2D eigenvalue weighted by atomic mass is 32.1. The molecule has 0 atom stereocenters. The van der Waals surface area contributed by atoms with E-state index in [1.54, 1.807) is 5.32 Å². The summed E-state index contributed by atoms with van der Waals surface area (Å²) in [5, 5.41) is 1.48. The molecule has 96 valence electrons. The third-order valence-corrected chi connectivity index (χ3v) is 2.55. The lowest BCUT2D eigenvalue weighted by Crippen LogP contribution is -2.20. The lowest BCUT2D eigenvalue weighted by atomic mass is 10.4. The Kier molecular flexibility index (Phi) is 3.70. The number of nitrogens with one attached hydrogen (secondary N) is 1. The number of halogens is 6. The summed E-state index contributed by atoms with van der Waals surface area (Å²) in [6, 6.07) is 1.59. The quantitative estimate of drug-likeness (QED) is 0.821. The molecule has 17 heavy (non-hydrogen) atoms. The maximum atomic E-state index is 12.1. The van der Waals surface area contributed by atoms with Crippen molar-refractivity contribution < 1.29 is 31.1 Å². The van der Waals surface area contributed by atoms with Crippen molar-refractivity contribution in [2.24, 2.45) is 0 Å². The van der Waals surface area contributed by atoms with Gasteiger partial charge in [0.2, 0.25) is 5.91 Å². The Hall–Kier alpha value is -1.25. The van der Waals surface area contributed by atoms with Gasteiger partial charge < -0.3 is 5.32 Å². The molecule has 1 rings (SSSR count). The van der Waals surface area contributed by atoms with E-state index in [-0.39, 0.29) is 16.3 Å². The van der Waals surface area contributed by atoms with Crippen LogP contribution in [0.4, 0.5) is 31.3 Å². The summed E-state index contributed by atoms with van der Waals surface area (Å²) < 4.78 is 71.7. The molecule has 0 aromatic carbocycles. The molecule has 0 radical (unpaired) electrons. The standard InChI is InChI=1S/C8H5F6NOS/c9-7(10,11)3-5(16)15-6-2-1-4(17-6)8(12,13)14/h1-2H,3H2,(H,15,16). The van der Waals surface area contributed by atoms with Crippen LogP contribution in [0.25, 0.3) is 0 Å². The van der Waals surface area contributed by atoms with Crippen LogP contribution in [0.2, 0.25) is 0 Å². The molecule has 1 N–H and O–H groups in total. The Morgan fingerprint density at radius 2 is 1.76 bits per heavy atom. The van der Waals surface area contributed by atoms with Crippen molar-refractivity contribution in [2.45, 2.75) is 18.8 Å². The Bertz CT molecular complexity index is 407. The zero-order chi connectivity index (χ0) is 13.3. The van der Waals surface area contributed by atoms with Gasteiger partial charge in [-0.3, -0.25) is 4.79 Å². The first-order valence-corrected chi connectivity index (χ1v) is 4.93. The monoisotopic (exact) mass is 277 g/mol. The largest absolute Gasteiger partial charge is 0.425 e. The van der Waals surface area contributed by atoms with Gasteiger partial charge in [0, 0.05) is 0 Å². The third-order valence-electron chi connectivity index (χ3n) is 1.51. The first kappa shape index (κ1) is 13.8. The SMILES string of the molecule is O=C(CC(F)(F)F)Nc1ccc(C(F)(F)F)s1. The molecule has 0 bridgehead atoms. The van der Waals surface area contributed by atoms with Crippen molar-refractivity contribution in [3.05, 3.63) is 17.0 Å². The van der Waals surface area contributed by atoms with Crippen LogP contribution in [0.3, 0.4) is 0 Å². The summed E-state index contributed by atoms with van der Waals surface area (Å²) in [6.07, 6.45) is -11.0. The highest BCUT2D eigenvalue weighted by Gasteiger charge is 2.34. The minimum absolute atomic E-state index is 0.170. The Morgan fingerprint density at radius 3 is 2.18 bits per heavy atom. The van der Waals surface area contributed by atoms with Gasteiger partial charge >= 0.3 is 12.4 Å². The third kappa shape index (κ3) is 4.63. The molecule has 1 amide bonds. The molecule has 0 fully saturated rings. The molecule has 0 aliphatic rings. The lowest BCUT2D eigenvalue weighted by molar-refractivity contribution is -0.150. The van der Waals surface area contributed by atoms with Gasteiger partial charge in [-0.25, -0.2) is 0 Å². The van der Waals surface area contributed by atoms with E-state index in [0.29, 0.717) is 6.07 Å². The maximum absolute atomic E-state index is 12.1. The summed E-state index contributed by atoms with van der Waals surface area (Å²) in [4.78, 5) is 9.80. The number of thiophene rings is 1. The molecule has 0 aliphatic carbocycles. The van der Waals surface area contributed by atoms with Gasteiger partial charge in [-0.2, -0.15) is 26.3 Å². The van der Waals surface area contributed by atoms with E-state index in [4.69, 9.17) is 0 Å². The molecule has 1 heterocycles. The van der Waals surface area contributed by atoms with E-state index in [9.17, 15) is 31.1 Å². The van der Waals surface area contributed by atoms with Gasteiger partial charge in [0.15, 0.2) is 0 Å². The second-order valence-corrected chi connectivity index (χ2v) is 4.09. The van der Waals surface area contributed by atoms with Crippen LogP contribution in [-0.2, 0) is 11.0 Å². The molecule has 0 saturated carbocycles. The zero-order valence-corrected chi connectivity index (χ0v) is 8.76. The molecule has 2 nitrogen and oxygen atoms in total. The van der Waals surface area contributed by atoms with Crippen LogP contribution in [0.5, 0.6) is 0 Å². The van der Waals surface area contributed by atoms with E-state index < -0.39 is 29.6 Å². The van der Waals surface area contributed by atoms with Crippen LogP contribution in [0, 0.1) is 0 Å². The molecule has 9 heteroatoms. The number of hydrogen-bond acceptors (Lipinski definition) is 2. The topological polar surface area (TPSA) is 29.1 Å². The predicted molar refractivity (Wildman–Crippen MR) is 48.6 cm³/mol. The van der Waals surface area contributed by atoms with Crippen LogP contribution >= 0.6 is 11.3 Å². The minimum Gasteiger partial charge on any atom is -0.317 e. The fraction of sp³-hybridized carbons (Fsp3) is 0.375. The van der Waals surface area contributed by atoms with Gasteiger partial charge in [0.25, 0.3) is 0 Å². The summed E-state index contributed by atoms with van der Waals surface area (Å²) in [6.45, 7) is 0. The van der Waals surface area contributed by atoms with Gasteiger partial charge in [-0.1, -0.05) is 0 Å². The van der Waals surface area contributed by atoms with Crippen LogP contribution in [-0.4, -0.2) is 12.1 Å². The second kappa shape index (κ2) is 4.55. The molecular formula is C8H5F6NOS. The summed E-state index contributed by atoms with van der Waals surface area (Å²) in [7, 11) is 0. The fourth-order valence-corrected chi connectivity index (χ4v) is 1.71. The number of carbonyl (C=O) groups is 1. The van der Waals surface area contributed by atoms with E-state index in [1.807, 2.05) is 0 Å². The highest BCUT2D eigenvalue weighted by molar-refractivity contribution is 7.16. The average molecular weight is 277 g/mol. The van der Waals surface area contributed by atoms with Crippen molar-refractivity contribution >= 4 is 22.2 Å². The molecule has 1 aromatic heterocycles. The summed E-state index contributed by atoms with van der Waals surface area (Å²) in [5.74, 6) is -1.40. The van der Waals surface area contributed by atoms with E-state index >= 15 is 0 Å². The number of carbonyl (C=O) groups excluding carboxylic acids is 1. The highest BCUT2D eigenvalue weighted by Crippen LogP contribution is 2.36. The van der Waals surface area contributed by atoms with Crippen LogP contribution in [0.1, 0.15) is 11.3 Å². The first-order chi connectivity index (χ1) is 7.58. The lowest BCUT2D eigenvalue weighted by Gasteiger charge is -2.05. The summed E-state index contributed by atoms with van der Waals surface area (Å²) in [5.41, 5.74) is 0. The number of rotatable bonds is 2. The van der Waals surface area contributed by atoms with Crippen molar-refractivity contribution in [1.29, 1.82) is 0 Å². The fourth-order valence-electron chi connectivity index (χ4n) is 0.921. The van der Waals surface area contributed by atoms with Gasteiger partial charge in [0.05, 0.1) is 5.00 Å². The molecule has 0 aliphatic heterocycles. The zero-order valence-electron chi connectivity index (χ0n) is 7.95. The predicted octanol–water partition coefficient (Wildman–Crippen LogP) is 3.66. The van der Waals surface area contributed by atoms with Crippen molar-refractivity contribution in [3.8, 4) is 0 Å². The average Bonchev–Trinajstić information content (AvgIpc) is 2.47. The smallest absolute Gasteiger partial charge is 0.317 e. The van der Waals surface area contributed by atoms with Gasteiger partial charge in [-0.15, -0.1) is 11.3 Å². The van der Waals surface area contributed by atoms with Gasteiger partial charge in [-0.05, 0) is 12.1 Å². The minimum atomic E-state index is -4.69. The Labute approximate surface area is 95.2 Å². The number of amides is 1. The number of hydrogen-bond donors (Lipinski definition) is 1. The normalized spacial score (nSPS) is 12.6. The molecule has 0 unspecified atom stereocenters. The maximum Gasteiger partial charge on any atom is 0.425 e. The van der Waals surface area contributed by atoms with E-state index in [1.165, 1.54) is 0 Å². The molecule has 0 saturated heterocycles. The molecular weight excluding hydrogens is 272 g/mol. The number of alkyl halides is 6. The second-order valence-electron chi connectivity index (χ2n) is 3.00.